The third-order valence-corrected chi connectivity index (χ3v) is 10.1. The van der Waals surface area contributed by atoms with Gasteiger partial charge in [-0.15, -0.1) is 0 Å². The average Bonchev–Trinajstić information content (AvgIpc) is 3.23. The van der Waals surface area contributed by atoms with Crippen LogP contribution in [0.2, 0.25) is 0 Å². The van der Waals surface area contributed by atoms with E-state index in [-0.39, 0.29) is 46.7 Å². The van der Waals surface area contributed by atoms with Gasteiger partial charge < -0.3 is 35.7 Å². The van der Waals surface area contributed by atoms with Crippen molar-refractivity contribution in [3.05, 3.63) is 66.9 Å². The number of aliphatic imine (C=N–C) groups is 1. The molecule has 0 amide bonds. The molecule has 1 aliphatic rings. The van der Waals surface area contributed by atoms with E-state index in [9.17, 15) is 9.59 Å². The number of nitrogens with one attached hydrogen (secondary N) is 1. The van der Waals surface area contributed by atoms with Gasteiger partial charge in [0.15, 0.2) is 29.9 Å². The summed E-state index contributed by atoms with van der Waals surface area (Å²) in [6, 6.07) is 10.6. The fourth-order valence-corrected chi connectivity index (χ4v) is 5.75. The summed E-state index contributed by atoms with van der Waals surface area (Å²) in [5, 5.41) is 15.4. The number of amidine groups is 3. The minimum atomic E-state index is -0.469. The Bertz CT molecular complexity index is 2050. The summed E-state index contributed by atoms with van der Waals surface area (Å²) in [7, 11) is 5.58. The van der Waals surface area contributed by atoms with Gasteiger partial charge in [0.1, 0.15) is 22.9 Å². The van der Waals surface area contributed by atoms with Gasteiger partial charge in [-0.05, 0) is 104 Å². The summed E-state index contributed by atoms with van der Waals surface area (Å²) >= 11 is 17.4. The SMILES string of the molecule is CC(C)(C)C(=O)CBr.COc1nc(/C(N)=N/O)ccc1Br.COc1nc(/C(N)=N/OCC(=O)C(C)(C)C)ccc1Br.COc1nc(C2=NC(C(C)(C)C)CON2)ccc1Br.CP=S. The highest BCUT2D eigenvalue weighted by Gasteiger charge is 2.29. The van der Waals surface area contributed by atoms with E-state index in [1.54, 1.807) is 31.4 Å². The molecular weight excluding hydrogens is 1120 g/mol. The maximum Gasteiger partial charge on any atom is 0.228 e. The third-order valence-electron chi connectivity index (χ3n) is 7.74. The molecule has 1 aliphatic heterocycles. The third kappa shape index (κ3) is 22.4. The fraction of sp³-hybridized carbons (Fsp3) is 0.500. The molecular formula is C40H58Br4N9O8PS. The Kier molecular flexibility index (Phi) is 27.6. The van der Waals surface area contributed by atoms with Crippen LogP contribution in [0.4, 0.5) is 0 Å². The summed E-state index contributed by atoms with van der Waals surface area (Å²) in [5.74, 6) is 2.17. The van der Waals surface area contributed by atoms with Crippen LogP contribution in [0.3, 0.4) is 0 Å². The molecule has 4 rings (SSSR count). The molecule has 350 valence electrons. The Morgan fingerprint density at radius 3 is 1.62 bits per heavy atom. The molecule has 0 bridgehead atoms. The number of pyridine rings is 3. The summed E-state index contributed by atoms with van der Waals surface area (Å²) in [6.07, 6.45) is 0. The van der Waals surface area contributed by atoms with E-state index in [1.165, 1.54) is 14.2 Å². The number of oxime groups is 2. The number of ether oxygens (including phenoxy) is 3. The smallest absolute Gasteiger partial charge is 0.228 e. The number of alkyl halides is 1. The van der Waals surface area contributed by atoms with Gasteiger partial charge in [-0.25, -0.2) is 20.4 Å². The normalized spacial score (nSPS) is 13.9. The number of halogens is 4. The summed E-state index contributed by atoms with van der Waals surface area (Å²) < 4.78 is 17.4. The Balaban J connectivity index is 0.000000831. The van der Waals surface area contributed by atoms with Crippen molar-refractivity contribution in [3.8, 4) is 17.6 Å². The second kappa shape index (κ2) is 29.2. The number of methoxy groups -OCH3 is 3. The van der Waals surface area contributed by atoms with Crippen molar-refractivity contribution in [2.24, 2.45) is 43.0 Å². The summed E-state index contributed by atoms with van der Waals surface area (Å²) in [4.78, 5) is 50.0. The molecule has 0 aromatic carbocycles. The maximum atomic E-state index is 11.7. The van der Waals surface area contributed by atoms with Gasteiger partial charge in [-0.2, -0.15) is 0 Å². The molecule has 3 aromatic rings. The number of carbonyl (C=O) groups is 2. The van der Waals surface area contributed by atoms with Crippen LogP contribution in [-0.2, 0) is 31.1 Å². The standard InChI is InChI=1S/C13H18BrN3O3.C13H18BrN3O2.C7H8BrN3O2.C6H11BrO.CH3PS/c1-13(2,3)10(18)7-20-17-11(15)9-6-5-8(14)12(16-9)19-4;1-13(2,3)10-7-19-17-11(16-10)9-6-5-8(14)12(15-9)18-4;1-13-7-4(8)2-3-5(10-7)6(9)11-12;1-6(2,3)5(8)4-7;1-2-3/h5-6H,7H2,1-4H3,(H2,15,17);5-6,10H,7H2,1-4H3,(H,16,17);2-3,12H,1H3,(H2,9,11);4H2,1-3H3;1H3. The number of ketones is 2. The van der Waals surface area contributed by atoms with Crippen LogP contribution in [0, 0.1) is 16.2 Å². The van der Waals surface area contributed by atoms with Crippen LogP contribution in [0.1, 0.15) is 79.4 Å². The zero-order valence-electron chi connectivity index (χ0n) is 37.7. The van der Waals surface area contributed by atoms with Gasteiger partial charge in [0.05, 0.1) is 52.7 Å². The van der Waals surface area contributed by atoms with Crippen molar-refractivity contribution >= 4 is 112 Å². The van der Waals surface area contributed by atoms with Crippen molar-refractivity contribution in [2.45, 2.75) is 68.4 Å². The lowest BCUT2D eigenvalue weighted by Crippen LogP contribution is -2.41. The number of hydrogen-bond acceptors (Lipinski definition) is 16. The van der Waals surface area contributed by atoms with E-state index in [0.29, 0.717) is 61.4 Å². The molecule has 0 saturated carbocycles. The lowest BCUT2D eigenvalue weighted by atomic mass is 9.87. The Morgan fingerprint density at radius 1 is 0.810 bits per heavy atom. The minimum Gasteiger partial charge on any atom is -0.480 e. The molecule has 6 N–H and O–H groups in total. The molecule has 17 nitrogen and oxygen atoms in total. The van der Waals surface area contributed by atoms with E-state index in [0.717, 1.165) is 11.8 Å². The predicted octanol–water partition coefficient (Wildman–Crippen LogP) is 8.62. The lowest BCUT2D eigenvalue weighted by molar-refractivity contribution is -0.131. The first-order valence-corrected chi connectivity index (χ1v) is 24.5. The Labute approximate surface area is 410 Å². The van der Waals surface area contributed by atoms with Gasteiger partial charge in [0.2, 0.25) is 17.6 Å². The van der Waals surface area contributed by atoms with Crippen LogP contribution in [0.5, 0.6) is 17.6 Å². The first-order valence-electron chi connectivity index (χ1n) is 18.6. The number of nitrogens with zero attached hydrogens (tertiary/aromatic N) is 6. The Hall–Kier alpha value is -3.40. The van der Waals surface area contributed by atoms with E-state index < -0.39 is 5.41 Å². The van der Waals surface area contributed by atoms with Crippen molar-refractivity contribution in [1.29, 1.82) is 0 Å². The number of Topliss-reactive ketones (excluding diaryl/α,β-unsaturated/α-hetero) is 2. The molecule has 1 atom stereocenters. The number of aromatic nitrogens is 3. The van der Waals surface area contributed by atoms with Gasteiger partial charge in [-0.3, -0.25) is 19.4 Å². The lowest BCUT2D eigenvalue weighted by Gasteiger charge is -2.31. The van der Waals surface area contributed by atoms with Gasteiger partial charge in [0.25, 0.3) is 0 Å². The molecule has 0 aliphatic carbocycles. The van der Waals surface area contributed by atoms with E-state index >= 15 is 0 Å². The number of nitrogens with two attached hydrogens (primary N) is 2. The monoisotopic (exact) mass is 1170 g/mol. The molecule has 3 aromatic heterocycles. The summed E-state index contributed by atoms with van der Waals surface area (Å²) in [6.45, 7) is 19.9. The average molecular weight is 1180 g/mol. The topological polar surface area (TPSA) is 240 Å². The van der Waals surface area contributed by atoms with Crippen LogP contribution in [0.25, 0.3) is 0 Å². The van der Waals surface area contributed by atoms with Crippen LogP contribution in [0.15, 0.2) is 65.1 Å². The summed E-state index contributed by atoms with van der Waals surface area (Å²) in [5.41, 5.74) is 14.8. The highest BCUT2D eigenvalue weighted by atomic mass is 79.9. The number of hydrogen-bond donors (Lipinski definition) is 4. The fourth-order valence-electron chi connectivity index (χ4n) is 3.76. The molecule has 1 unspecified atom stereocenters. The van der Waals surface area contributed by atoms with Gasteiger partial charge in [-0.1, -0.05) is 100 Å². The van der Waals surface area contributed by atoms with Gasteiger partial charge in [0, 0.05) is 10.8 Å². The predicted molar refractivity (Wildman–Crippen MR) is 266 cm³/mol. The Morgan fingerprint density at radius 2 is 1.24 bits per heavy atom. The quantitative estimate of drug-likeness (QED) is 0.0371. The van der Waals surface area contributed by atoms with Gasteiger partial charge >= 0.3 is 0 Å². The van der Waals surface area contributed by atoms with Crippen molar-refractivity contribution < 1.29 is 38.7 Å². The van der Waals surface area contributed by atoms with E-state index in [4.69, 9.17) is 40.6 Å². The highest BCUT2D eigenvalue weighted by molar-refractivity contribution is 9.11. The largest absolute Gasteiger partial charge is 0.480 e. The van der Waals surface area contributed by atoms with Crippen molar-refractivity contribution in [2.75, 3.05) is 46.5 Å². The minimum absolute atomic E-state index is 0.0484. The van der Waals surface area contributed by atoms with Crippen LogP contribution < -0.4 is 31.2 Å². The number of hydroxylamine groups is 1. The first-order chi connectivity index (χ1) is 29.2. The second-order valence-electron chi connectivity index (χ2n) is 15.7. The zero-order chi connectivity index (χ0) is 48.7. The second-order valence-corrected chi connectivity index (χ2v) is 20.3. The molecule has 0 spiro atoms. The first kappa shape index (κ1) is 59.6. The van der Waals surface area contributed by atoms with E-state index in [2.05, 4.69) is 132 Å². The molecule has 0 fully saturated rings. The molecule has 4 heterocycles. The molecule has 0 saturated heterocycles. The molecule has 23 heteroatoms. The maximum absolute atomic E-state index is 11.7. The van der Waals surface area contributed by atoms with Crippen LogP contribution >= 0.6 is 71.1 Å². The number of carbonyl (C=O) groups excluding carboxylic acids is 2. The molecule has 0 radical (unpaired) electrons. The van der Waals surface area contributed by atoms with Crippen LogP contribution in [-0.4, -0.2) is 102 Å². The molecule has 63 heavy (non-hydrogen) atoms. The zero-order valence-corrected chi connectivity index (χ0v) is 45.7. The van der Waals surface area contributed by atoms with Crippen molar-refractivity contribution in [1.82, 2.24) is 20.4 Å². The van der Waals surface area contributed by atoms with Crippen molar-refractivity contribution in [3.63, 3.8) is 0 Å². The number of rotatable bonds is 10. The van der Waals surface area contributed by atoms with E-state index in [1.807, 2.05) is 60.3 Å². The highest BCUT2D eigenvalue weighted by Crippen LogP contribution is 2.27.